The fourth-order valence-corrected chi connectivity index (χ4v) is 4.02. The summed E-state index contributed by atoms with van der Waals surface area (Å²) in [7, 11) is 1.51. The molecule has 1 aromatic carbocycles. The summed E-state index contributed by atoms with van der Waals surface area (Å²) < 4.78 is 10.8. The van der Waals surface area contributed by atoms with E-state index in [0.29, 0.717) is 28.2 Å². The van der Waals surface area contributed by atoms with Crippen molar-refractivity contribution in [2.45, 2.75) is 37.5 Å². The quantitative estimate of drug-likeness (QED) is 0.751. The second-order valence-corrected chi connectivity index (χ2v) is 8.03. The van der Waals surface area contributed by atoms with Gasteiger partial charge in [-0.2, -0.15) is 0 Å². The van der Waals surface area contributed by atoms with Crippen LogP contribution in [0.2, 0.25) is 5.02 Å². The van der Waals surface area contributed by atoms with E-state index in [0.717, 1.165) is 25.0 Å². The summed E-state index contributed by atoms with van der Waals surface area (Å²) in [6.45, 7) is 3.14. The zero-order valence-electron chi connectivity index (χ0n) is 15.2. The Hall–Kier alpha value is -1.77. The monoisotopic (exact) mass is 411 g/mol. The first-order chi connectivity index (χ1) is 13.0. The zero-order chi connectivity index (χ0) is 19.4. The number of hydrogen-bond donors (Lipinski definition) is 2. The minimum atomic E-state index is -0.507. The Morgan fingerprint density at radius 3 is 3.04 bits per heavy atom. The summed E-state index contributed by atoms with van der Waals surface area (Å²) in [5.41, 5.74) is 1.35. The molecule has 9 heteroatoms. The van der Waals surface area contributed by atoms with Gasteiger partial charge in [0.2, 0.25) is 11.8 Å². The molecule has 27 heavy (non-hydrogen) atoms. The van der Waals surface area contributed by atoms with Gasteiger partial charge < -0.3 is 20.1 Å². The second kappa shape index (κ2) is 8.95. The lowest BCUT2D eigenvalue weighted by atomic mass is 10.2. The normalized spacial score (nSPS) is 23.5. The maximum absolute atomic E-state index is 12.4. The maximum atomic E-state index is 12.4. The Morgan fingerprint density at radius 2 is 2.33 bits per heavy atom. The molecule has 0 unspecified atom stereocenters. The van der Waals surface area contributed by atoms with Crippen LogP contribution in [0, 0.1) is 6.92 Å². The topological polar surface area (TPSA) is 89.0 Å². The summed E-state index contributed by atoms with van der Waals surface area (Å²) in [5.74, 6) is -0.00941. The number of nitrogens with one attached hydrogen (secondary N) is 2. The molecule has 2 saturated heterocycles. The van der Waals surface area contributed by atoms with Crippen LogP contribution in [0.1, 0.15) is 24.8 Å². The molecule has 2 aliphatic heterocycles. The van der Waals surface area contributed by atoms with Gasteiger partial charge in [0.1, 0.15) is 11.0 Å². The molecule has 7 nitrogen and oxygen atoms in total. The number of amides is 2. The molecule has 2 amide bonds. The number of nitrogens with zero attached hydrogens (tertiary/aromatic N) is 1. The van der Waals surface area contributed by atoms with E-state index in [1.807, 2.05) is 6.92 Å². The smallest absolute Gasteiger partial charge is 0.240 e. The van der Waals surface area contributed by atoms with Crippen molar-refractivity contribution < 1.29 is 19.1 Å². The zero-order valence-corrected chi connectivity index (χ0v) is 16.8. The lowest BCUT2D eigenvalue weighted by molar-refractivity contribution is -0.122. The SMILES string of the molecule is COc1cc(Cl)c(C)cc1NC(=O)C[C@@H]1SC(=NC[C@H]2CCCO2)NC1=O. The highest BCUT2D eigenvalue weighted by molar-refractivity contribution is 8.15. The third-order valence-electron chi connectivity index (χ3n) is 4.36. The molecule has 2 fully saturated rings. The highest BCUT2D eigenvalue weighted by atomic mass is 35.5. The van der Waals surface area contributed by atoms with Crippen molar-refractivity contribution in [2.24, 2.45) is 4.99 Å². The number of carbonyl (C=O) groups excluding carboxylic acids is 2. The van der Waals surface area contributed by atoms with E-state index >= 15 is 0 Å². The number of aliphatic imine (C=N–C) groups is 1. The predicted molar refractivity (Wildman–Crippen MR) is 107 cm³/mol. The number of carbonyl (C=O) groups is 2. The molecule has 0 bridgehead atoms. The van der Waals surface area contributed by atoms with Crippen molar-refractivity contribution in [3.63, 3.8) is 0 Å². The summed E-state index contributed by atoms with van der Waals surface area (Å²) in [6, 6.07) is 3.40. The van der Waals surface area contributed by atoms with Crippen LogP contribution in [0.4, 0.5) is 5.69 Å². The molecule has 3 rings (SSSR count). The van der Waals surface area contributed by atoms with E-state index in [-0.39, 0.29) is 24.3 Å². The van der Waals surface area contributed by atoms with Gasteiger partial charge in [-0.25, -0.2) is 0 Å². The molecule has 2 aliphatic rings. The van der Waals surface area contributed by atoms with E-state index in [4.69, 9.17) is 21.1 Å². The van der Waals surface area contributed by atoms with Gasteiger partial charge in [-0.3, -0.25) is 14.6 Å². The second-order valence-electron chi connectivity index (χ2n) is 6.43. The first-order valence-electron chi connectivity index (χ1n) is 8.74. The van der Waals surface area contributed by atoms with Crippen LogP contribution >= 0.6 is 23.4 Å². The van der Waals surface area contributed by atoms with E-state index in [1.54, 1.807) is 12.1 Å². The Kier molecular flexibility index (Phi) is 6.62. The third-order valence-corrected chi connectivity index (χ3v) is 5.89. The van der Waals surface area contributed by atoms with E-state index in [1.165, 1.54) is 18.9 Å². The molecule has 1 aromatic rings. The van der Waals surface area contributed by atoms with Crippen molar-refractivity contribution in [1.82, 2.24) is 5.32 Å². The molecule has 0 aliphatic carbocycles. The van der Waals surface area contributed by atoms with Crippen molar-refractivity contribution >= 4 is 46.0 Å². The number of anilines is 1. The molecule has 0 spiro atoms. The summed E-state index contributed by atoms with van der Waals surface area (Å²) in [5, 5.41) is 6.13. The Bertz CT molecular complexity index is 765. The number of hydrogen-bond acceptors (Lipinski definition) is 6. The van der Waals surface area contributed by atoms with Gasteiger partial charge in [0.25, 0.3) is 0 Å². The molecule has 2 N–H and O–H groups in total. The number of thioether (sulfide) groups is 1. The maximum Gasteiger partial charge on any atom is 0.240 e. The predicted octanol–water partition coefficient (Wildman–Crippen LogP) is 2.75. The molecule has 0 saturated carbocycles. The van der Waals surface area contributed by atoms with Gasteiger partial charge in [0.15, 0.2) is 5.17 Å². The minimum absolute atomic E-state index is 0.0419. The standard InChI is InChI=1S/C18H22ClN3O4S/c1-10-6-13(14(25-2)7-12(10)19)21-16(23)8-15-17(24)22-18(27-15)20-9-11-4-3-5-26-11/h6-7,11,15H,3-5,8-9H2,1-2H3,(H,21,23)(H,20,22,24)/t11-,15+/m1/s1. The number of halogens is 1. The number of rotatable bonds is 6. The Labute approximate surface area is 167 Å². The van der Waals surface area contributed by atoms with E-state index in [9.17, 15) is 9.59 Å². The number of ether oxygens (including phenoxy) is 2. The number of amidine groups is 1. The molecular weight excluding hydrogens is 390 g/mol. The highest BCUT2D eigenvalue weighted by Crippen LogP contribution is 2.31. The molecule has 2 atom stereocenters. The number of aryl methyl sites for hydroxylation is 1. The van der Waals surface area contributed by atoms with Crippen LogP contribution in [0.25, 0.3) is 0 Å². The van der Waals surface area contributed by atoms with Crippen molar-refractivity contribution in [2.75, 3.05) is 25.6 Å². The number of methoxy groups -OCH3 is 1. The van der Waals surface area contributed by atoms with Gasteiger partial charge >= 0.3 is 0 Å². The summed E-state index contributed by atoms with van der Waals surface area (Å²) in [4.78, 5) is 28.9. The molecule has 0 radical (unpaired) electrons. The van der Waals surface area contributed by atoms with Crippen LogP contribution in [0.3, 0.4) is 0 Å². The average molecular weight is 412 g/mol. The lowest BCUT2D eigenvalue weighted by Gasteiger charge is -2.13. The first kappa shape index (κ1) is 20.0. The highest BCUT2D eigenvalue weighted by Gasteiger charge is 2.32. The van der Waals surface area contributed by atoms with Crippen molar-refractivity contribution in [1.29, 1.82) is 0 Å². The van der Waals surface area contributed by atoms with Gasteiger partial charge in [0, 0.05) is 24.1 Å². The summed E-state index contributed by atoms with van der Waals surface area (Å²) in [6.07, 6.45) is 2.20. The molecule has 0 aromatic heterocycles. The van der Waals surface area contributed by atoms with E-state index < -0.39 is 5.25 Å². The fraction of sp³-hybridized carbons (Fsp3) is 0.500. The van der Waals surface area contributed by atoms with Crippen LogP contribution in [-0.4, -0.2) is 48.6 Å². The number of benzene rings is 1. The van der Waals surface area contributed by atoms with Gasteiger partial charge in [-0.05, 0) is 31.4 Å². The molecule has 2 heterocycles. The van der Waals surface area contributed by atoms with Crippen molar-refractivity contribution in [3.8, 4) is 5.75 Å². The Morgan fingerprint density at radius 1 is 1.52 bits per heavy atom. The largest absolute Gasteiger partial charge is 0.495 e. The summed E-state index contributed by atoms with van der Waals surface area (Å²) >= 11 is 7.36. The average Bonchev–Trinajstić information content (AvgIpc) is 3.26. The fourth-order valence-electron chi connectivity index (χ4n) is 2.89. The van der Waals surface area contributed by atoms with Gasteiger partial charge in [0.05, 0.1) is 25.4 Å². The Balaban J connectivity index is 1.57. The van der Waals surface area contributed by atoms with Crippen LogP contribution < -0.4 is 15.4 Å². The molecular formula is C18H22ClN3O4S. The van der Waals surface area contributed by atoms with Gasteiger partial charge in [-0.1, -0.05) is 23.4 Å². The third kappa shape index (κ3) is 5.15. The van der Waals surface area contributed by atoms with Gasteiger partial charge in [-0.15, -0.1) is 0 Å². The first-order valence-corrected chi connectivity index (χ1v) is 9.99. The van der Waals surface area contributed by atoms with Crippen LogP contribution in [0.5, 0.6) is 5.75 Å². The van der Waals surface area contributed by atoms with Crippen molar-refractivity contribution in [3.05, 3.63) is 22.7 Å². The lowest BCUT2D eigenvalue weighted by Crippen LogP contribution is -2.28. The van der Waals surface area contributed by atoms with Crippen LogP contribution in [-0.2, 0) is 14.3 Å². The minimum Gasteiger partial charge on any atom is -0.495 e. The van der Waals surface area contributed by atoms with Crippen LogP contribution in [0.15, 0.2) is 17.1 Å². The molecule has 146 valence electrons. The van der Waals surface area contributed by atoms with E-state index in [2.05, 4.69) is 15.6 Å².